The van der Waals surface area contributed by atoms with Gasteiger partial charge in [-0.2, -0.15) is 0 Å². The molecule has 0 saturated carbocycles. The van der Waals surface area contributed by atoms with Crippen molar-refractivity contribution in [2.75, 3.05) is 6.54 Å². The molecule has 21 heavy (non-hydrogen) atoms. The molecular weight excluding hydrogens is 260 g/mol. The third kappa shape index (κ3) is 3.85. The van der Waals surface area contributed by atoms with Gasteiger partial charge in [0.25, 0.3) is 0 Å². The molecule has 0 radical (unpaired) electrons. The molecule has 0 aromatic carbocycles. The highest BCUT2D eigenvalue weighted by atomic mass is 14.9. The van der Waals surface area contributed by atoms with Gasteiger partial charge in [-0.3, -0.25) is 4.98 Å². The van der Waals surface area contributed by atoms with Gasteiger partial charge in [0.15, 0.2) is 5.82 Å². The molecule has 0 aliphatic rings. The molecule has 112 valence electrons. The van der Waals surface area contributed by atoms with E-state index in [0.29, 0.717) is 12.0 Å². The largest absolute Gasteiger partial charge is 0.314 e. The van der Waals surface area contributed by atoms with E-state index in [-0.39, 0.29) is 0 Å². The van der Waals surface area contributed by atoms with Crippen LogP contribution in [0.5, 0.6) is 0 Å². The number of pyridine rings is 1. The van der Waals surface area contributed by atoms with E-state index in [4.69, 9.17) is 0 Å². The van der Waals surface area contributed by atoms with Crippen LogP contribution < -0.4 is 5.32 Å². The minimum atomic E-state index is 0.398. The number of aryl methyl sites for hydroxylation is 2. The Morgan fingerprint density at radius 3 is 2.29 bits per heavy atom. The minimum absolute atomic E-state index is 0.398. The fourth-order valence-electron chi connectivity index (χ4n) is 2.58. The van der Waals surface area contributed by atoms with E-state index in [0.717, 1.165) is 29.3 Å². The highest BCUT2D eigenvalue weighted by Gasteiger charge is 2.16. The SMILES string of the molecule is Cc1nc(-c2cccnc2)nc(C)c1C(C)CNC(C)C. The maximum absolute atomic E-state index is 4.67. The van der Waals surface area contributed by atoms with Gasteiger partial charge in [-0.05, 0) is 37.5 Å². The first-order valence-electron chi connectivity index (χ1n) is 7.48. The predicted octanol–water partition coefficient (Wildman–Crippen LogP) is 3.26. The summed E-state index contributed by atoms with van der Waals surface area (Å²) in [6.07, 6.45) is 3.56. The fraction of sp³-hybridized carbons (Fsp3) is 0.471. The Bertz CT molecular complexity index is 570. The molecule has 4 heteroatoms. The van der Waals surface area contributed by atoms with Crippen molar-refractivity contribution in [3.63, 3.8) is 0 Å². The van der Waals surface area contributed by atoms with Crippen molar-refractivity contribution in [2.24, 2.45) is 0 Å². The Kier molecular flexibility index (Phi) is 5.02. The molecular formula is C17H24N4. The first kappa shape index (κ1) is 15.6. The molecule has 0 aliphatic heterocycles. The zero-order chi connectivity index (χ0) is 15.4. The van der Waals surface area contributed by atoms with E-state index >= 15 is 0 Å². The second-order valence-electron chi connectivity index (χ2n) is 5.84. The van der Waals surface area contributed by atoms with E-state index in [1.54, 1.807) is 12.4 Å². The molecule has 1 atom stereocenters. The molecule has 1 unspecified atom stereocenters. The van der Waals surface area contributed by atoms with Crippen LogP contribution in [0.15, 0.2) is 24.5 Å². The normalized spacial score (nSPS) is 12.7. The molecule has 0 amide bonds. The summed E-state index contributed by atoms with van der Waals surface area (Å²) in [5, 5.41) is 3.48. The van der Waals surface area contributed by atoms with Crippen LogP contribution >= 0.6 is 0 Å². The molecule has 4 nitrogen and oxygen atoms in total. The second kappa shape index (κ2) is 6.76. The van der Waals surface area contributed by atoms with Crippen LogP contribution in [0.25, 0.3) is 11.4 Å². The quantitative estimate of drug-likeness (QED) is 0.915. The van der Waals surface area contributed by atoms with Crippen molar-refractivity contribution in [1.29, 1.82) is 0 Å². The molecule has 0 aliphatic carbocycles. The van der Waals surface area contributed by atoms with Crippen LogP contribution in [-0.2, 0) is 0 Å². The van der Waals surface area contributed by atoms with Crippen molar-refractivity contribution in [3.8, 4) is 11.4 Å². The summed E-state index contributed by atoms with van der Waals surface area (Å²) in [6.45, 7) is 11.6. The third-order valence-electron chi connectivity index (χ3n) is 3.57. The van der Waals surface area contributed by atoms with Gasteiger partial charge in [-0.25, -0.2) is 9.97 Å². The van der Waals surface area contributed by atoms with Crippen molar-refractivity contribution in [2.45, 2.75) is 46.6 Å². The van der Waals surface area contributed by atoms with Gasteiger partial charge in [0.1, 0.15) is 0 Å². The molecule has 0 bridgehead atoms. The number of nitrogens with zero attached hydrogens (tertiary/aromatic N) is 3. The smallest absolute Gasteiger partial charge is 0.161 e. The molecule has 0 fully saturated rings. The molecule has 0 spiro atoms. The zero-order valence-corrected chi connectivity index (χ0v) is 13.5. The Balaban J connectivity index is 2.29. The van der Waals surface area contributed by atoms with E-state index in [2.05, 4.69) is 54.9 Å². The summed E-state index contributed by atoms with van der Waals surface area (Å²) >= 11 is 0. The number of rotatable bonds is 5. The van der Waals surface area contributed by atoms with Crippen LogP contribution in [0.1, 0.15) is 43.6 Å². The summed E-state index contributed by atoms with van der Waals surface area (Å²) in [7, 11) is 0. The molecule has 2 aromatic rings. The maximum atomic E-state index is 4.67. The Hall–Kier alpha value is -1.81. The monoisotopic (exact) mass is 284 g/mol. The van der Waals surface area contributed by atoms with Gasteiger partial charge >= 0.3 is 0 Å². The summed E-state index contributed by atoms with van der Waals surface area (Å²) in [5.74, 6) is 1.15. The van der Waals surface area contributed by atoms with Crippen molar-refractivity contribution >= 4 is 0 Å². The minimum Gasteiger partial charge on any atom is -0.314 e. The summed E-state index contributed by atoms with van der Waals surface area (Å²) < 4.78 is 0. The zero-order valence-electron chi connectivity index (χ0n) is 13.5. The predicted molar refractivity (Wildman–Crippen MR) is 86.3 cm³/mol. The van der Waals surface area contributed by atoms with Crippen LogP contribution in [0.2, 0.25) is 0 Å². The number of hydrogen-bond donors (Lipinski definition) is 1. The van der Waals surface area contributed by atoms with Gasteiger partial charge in [0.05, 0.1) is 0 Å². The van der Waals surface area contributed by atoms with E-state index in [1.165, 1.54) is 5.56 Å². The van der Waals surface area contributed by atoms with Gasteiger partial charge in [-0.1, -0.05) is 20.8 Å². The topological polar surface area (TPSA) is 50.7 Å². The maximum Gasteiger partial charge on any atom is 0.161 e. The summed E-state index contributed by atoms with van der Waals surface area (Å²) in [6, 6.07) is 4.39. The molecule has 0 saturated heterocycles. The lowest BCUT2D eigenvalue weighted by molar-refractivity contribution is 0.544. The molecule has 1 N–H and O–H groups in total. The third-order valence-corrected chi connectivity index (χ3v) is 3.57. The number of nitrogens with one attached hydrogen (secondary N) is 1. The first-order valence-corrected chi connectivity index (χ1v) is 7.48. The van der Waals surface area contributed by atoms with Crippen molar-refractivity contribution in [1.82, 2.24) is 20.3 Å². The lowest BCUT2D eigenvalue weighted by atomic mass is 9.97. The standard InChI is InChI=1S/C17H24N4/c1-11(2)19-9-12(3)16-13(4)20-17(21-14(16)5)15-7-6-8-18-10-15/h6-8,10-12,19H,9H2,1-5H3. The number of hydrogen-bond acceptors (Lipinski definition) is 4. The fourth-order valence-corrected chi connectivity index (χ4v) is 2.58. The van der Waals surface area contributed by atoms with E-state index in [9.17, 15) is 0 Å². The van der Waals surface area contributed by atoms with Crippen LogP contribution in [0.3, 0.4) is 0 Å². The van der Waals surface area contributed by atoms with Crippen LogP contribution in [-0.4, -0.2) is 27.5 Å². The average Bonchev–Trinajstić information content (AvgIpc) is 2.45. The summed E-state index contributed by atoms with van der Waals surface area (Å²) in [4.78, 5) is 13.5. The van der Waals surface area contributed by atoms with E-state index < -0.39 is 0 Å². The lowest BCUT2D eigenvalue weighted by Crippen LogP contribution is -2.27. The van der Waals surface area contributed by atoms with Gasteiger partial charge in [-0.15, -0.1) is 0 Å². The number of aromatic nitrogens is 3. The van der Waals surface area contributed by atoms with Crippen molar-refractivity contribution in [3.05, 3.63) is 41.5 Å². The van der Waals surface area contributed by atoms with Gasteiger partial charge in [0.2, 0.25) is 0 Å². The summed E-state index contributed by atoms with van der Waals surface area (Å²) in [5.41, 5.74) is 4.32. The highest BCUT2D eigenvalue weighted by molar-refractivity contribution is 5.54. The van der Waals surface area contributed by atoms with E-state index in [1.807, 2.05) is 12.1 Å². The lowest BCUT2D eigenvalue weighted by Gasteiger charge is -2.19. The Morgan fingerprint density at radius 2 is 1.76 bits per heavy atom. The first-order chi connectivity index (χ1) is 9.99. The van der Waals surface area contributed by atoms with Crippen LogP contribution in [0, 0.1) is 13.8 Å². The Labute approximate surface area is 127 Å². The molecule has 2 heterocycles. The second-order valence-corrected chi connectivity index (χ2v) is 5.84. The molecule has 2 aromatic heterocycles. The van der Waals surface area contributed by atoms with Crippen molar-refractivity contribution < 1.29 is 0 Å². The van der Waals surface area contributed by atoms with Gasteiger partial charge < -0.3 is 5.32 Å². The molecule has 2 rings (SSSR count). The Morgan fingerprint density at radius 1 is 1.10 bits per heavy atom. The van der Waals surface area contributed by atoms with Crippen LogP contribution in [0.4, 0.5) is 0 Å². The van der Waals surface area contributed by atoms with Gasteiger partial charge in [0, 0.05) is 41.9 Å². The highest BCUT2D eigenvalue weighted by Crippen LogP contribution is 2.24. The average molecular weight is 284 g/mol.